The lowest BCUT2D eigenvalue weighted by atomic mass is 10.2. The Balaban J connectivity index is 2.99. The van der Waals surface area contributed by atoms with Crippen molar-refractivity contribution in [3.8, 4) is 5.75 Å². The fraction of sp³-hybridized carbons (Fsp3) is 0.250. The summed E-state index contributed by atoms with van der Waals surface area (Å²) in [5.41, 5.74) is 0.566. The highest BCUT2D eigenvalue weighted by Gasteiger charge is 2.00. The summed E-state index contributed by atoms with van der Waals surface area (Å²) >= 11 is 5.72. The minimum Gasteiger partial charge on any atom is -0.495 e. The second-order valence-corrected chi connectivity index (χ2v) is 2.51. The van der Waals surface area contributed by atoms with E-state index in [1.54, 1.807) is 18.2 Å². The first-order chi connectivity index (χ1) is 5.27. The Morgan fingerprint density at radius 3 is 2.73 bits per heavy atom. The van der Waals surface area contributed by atoms with Crippen molar-refractivity contribution in [2.75, 3.05) is 7.11 Å². The molecule has 0 fully saturated rings. The molecule has 0 saturated carbocycles. The first-order valence-electron chi connectivity index (χ1n) is 3.16. The fourth-order valence-corrected chi connectivity index (χ4v) is 1.07. The van der Waals surface area contributed by atoms with E-state index in [4.69, 9.17) is 16.3 Å². The molecular weight excluding hydrogens is 167 g/mol. The van der Waals surface area contributed by atoms with Gasteiger partial charge in [-0.3, -0.25) is 0 Å². The number of rotatable bonds is 2. The van der Waals surface area contributed by atoms with Crippen LogP contribution in [0, 0.1) is 0 Å². The van der Waals surface area contributed by atoms with Crippen LogP contribution in [0.1, 0.15) is 5.56 Å². The molecule has 0 N–H and O–H groups in total. The Labute approximate surface area is 69.7 Å². The van der Waals surface area contributed by atoms with Gasteiger partial charge in [-0.2, -0.15) is 0 Å². The maximum atomic E-state index is 12.0. The Morgan fingerprint density at radius 1 is 1.55 bits per heavy atom. The molecule has 0 saturated heterocycles. The van der Waals surface area contributed by atoms with Crippen molar-refractivity contribution in [2.24, 2.45) is 0 Å². The predicted molar refractivity (Wildman–Crippen MR) is 42.8 cm³/mol. The van der Waals surface area contributed by atoms with E-state index in [0.29, 0.717) is 16.3 Å². The largest absolute Gasteiger partial charge is 0.495 e. The van der Waals surface area contributed by atoms with E-state index in [1.165, 1.54) is 7.11 Å². The highest BCUT2D eigenvalue weighted by molar-refractivity contribution is 6.32. The lowest BCUT2D eigenvalue weighted by Crippen LogP contribution is -1.85. The summed E-state index contributed by atoms with van der Waals surface area (Å²) in [6, 6.07) is 4.85. The molecule has 60 valence electrons. The smallest absolute Gasteiger partial charge is 0.137 e. The highest BCUT2D eigenvalue weighted by Crippen LogP contribution is 2.24. The van der Waals surface area contributed by atoms with E-state index in [0.717, 1.165) is 0 Å². The first-order valence-corrected chi connectivity index (χ1v) is 3.54. The summed E-state index contributed by atoms with van der Waals surface area (Å²) in [7, 11) is 1.52. The Kier molecular flexibility index (Phi) is 2.71. The van der Waals surface area contributed by atoms with Crippen LogP contribution in [0.5, 0.6) is 5.75 Å². The minimum absolute atomic E-state index is 0.447. The normalized spacial score (nSPS) is 9.73. The number of alkyl halides is 1. The van der Waals surface area contributed by atoms with E-state index in [9.17, 15) is 4.39 Å². The van der Waals surface area contributed by atoms with Gasteiger partial charge in [-0.15, -0.1) is 0 Å². The van der Waals surface area contributed by atoms with E-state index >= 15 is 0 Å². The van der Waals surface area contributed by atoms with Gasteiger partial charge in [0.1, 0.15) is 12.4 Å². The van der Waals surface area contributed by atoms with Crippen molar-refractivity contribution in [1.82, 2.24) is 0 Å². The van der Waals surface area contributed by atoms with Crippen molar-refractivity contribution in [2.45, 2.75) is 6.67 Å². The topological polar surface area (TPSA) is 9.23 Å². The number of hydrogen-bond acceptors (Lipinski definition) is 1. The predicted octanol–water partition coefficient (Wildman–Crippen LogP) is 2.82. The van der Waals surface area contributed by atoms with Gasteiger partial charge in [-0.25, -0.2) is 4.39 Å². The molecule has 0 aliphatic heterocycles. The molecule has 0 bridgehead atoms. The third-order valence-electron chi connectivity index (χ3n) is 1.37. The highest BCUT2D eigenvalue weighted by atomic mass is 35.5. The lowest BCUT2D eigenvalue weighted by Gasteiger charge is -2.02. The van der Waals surface area contributed by atoms with Gasteiger partial charge in [0.05, 0.1) is 12.1 Å². The van der Waals surface area contributed by atoms with Crippen molar-refractivity contribution < 1.29 is 9.13 Å². The molecule has 1 aromatic carbocycles. The molecular formula is C8H8ClFO. The van der Waals surface area contributed by atoms with Crippen molar-refractivity contribution >= 4 is 11.6 Å². The SMILES string of the molecule is COc1ccc(CF)cc1Cl. The summed E-state index contributed by atoms with van der Waals surface area (Å²) in [5.74, 6) is 0.573. The van der Waals surface area contributed by atoms with E-state index < -0.39 is 6.67 Å². The summed E-state index contributed by atoms with van der Waals surface area (Å²) in [4.78, 5) is 0. The monoisotopic (exact) mass is 174 g/mol. The van der Waals surface area contributed by atoms with E-state index in [2.05, 4.69) is 0 Å². The van der Waals surface area contributed by atoms with Crippen molar-refractivity contribution in [3.63, 3.8) is 0 Å². The van der Waals surface area contributed by atoms with Gasteiger partial charge in [0.2, 0.25) is 0 Å². The molecule has 0 amide bonds. The fourth-order valence-electron chi connectivity index (χ4n) is 0.793. The van der Waals surface area contributed by atoms with Crippen LogP contribution < -0.4 is 4.74 Å². The van der Waals surface area contributed by atoms with Crippen LogP contribution in [-0.2, 0) is 6.67 Å². The molecule has 0 aliphatic rings. The number of halogens is 2. The molecule has 0 unspecified atom stereocenters. The minimum atomic E-state index is -0.496. The zero-order valence-electron chi connectivity index (χ0n) is 6.10. The van der Waals surface area contributed by atoms with Crippen LogP contribution in [0.4, 0.5) is 4.39 Å². The Bertz CT molecular complexity index is 250. The van der Waals surface area contributed by atoms with Crippen molar-refractivity contribution in [3.05, 3.63) is 28.8 Å². The summed E-state index contributed by atoms with van der Waals surface area (Å²) in [6.45, 7) is -0.496. The molecule has 1 aromatic rings. The van der Waals surface area contributed by atoms with Gasteiger partial charge in [0, 0.05) is 0 Å². The summed E-state index contributed by atoms with van der Waals surface area (Å²) in [5, 5.41) is 0.447. The van der Waals surface area contributed by atoms with Crippen LogP contribution in [0.2, 0.25) is 5.02 Å². The van der Waals surface area contributed by atoms with Gasteiger partial charge in [-0.05, 0) is 17.7 Å². The number of ether oxygens (including phenoxy) is 1. The quantitative estimate of drug-likeness (QED) is 0.670. The van der Waals surface area contributed by atoms with Crippen LogP contribution >= 0.6 is 11.6 Å². The molecule has 0 atom stereocenters. The molecule has 0 spiro atoms. The molecule has 3 heteroatoms. The Hall–Kier alpha value is -0.760. The third kappa shape index (κ3) is 1.84. The molecule has 0 heterocycles. The average Bonchev–Trinajstić information content (AvgIpc) is 2.04. The molecule has 0 radical (unpaired) electrons. The van der Waals surface area contributed by atoms with E-state index in [1.807, 2.05) is 0 Å². The second kappa shape index (κ2) is 3.58. The van der Waals surface area contributed by atoms with Gasteiger partial charge < -0.3 is 4.74 Å². The molecule has 0 aromatic heterocycles. The first kappa shape index (κ1) is 8.34. The number of hydrogen-bond donors (Lipinski definition) is 0. The Morgan fingerprint density at radius 2 is 2.27 bits per heavy atom. The zero-order valence-corrected chi connectivity index (χ0v) is 6.86. The van der Waals surface area contributed by atoms with Gasteiger partial charge in [0.15, 0.2) is 0 Å². The van der Waals surface area contributed by atoms with Gasteiger partial charge in [0.25, 0.3) is 0 Å². The lowest BCUT2D eigenvalue weighted by molar-refractivity contribution is 0.414. The molecule has 11 heavy (non-hydrogen) atoms. The van der Waals surface area contributed by atoms with E-state index in [-0.39, 0.29) is 0 Å². The summed E-state index contributed by atoms with van der Waals surface area (Å²) < 4.78 is 16.9. The standard InChI is InChI=1S/C8H8ClFO/c1-11-8-3-2-6(5-10)4-7(8)9/h2-4H,5H2,1H3. The molecule has 1 rings (SSSR count). The number of methoxy groups -OCH3 is 1. The molecule has 1 nitrogen and oxygen atoms in total. The van der Waals surface area contributed by atoms with Crippen LogP contribution in [0.15, 0.2) is 18.2 Å². The van der Waals surface area contributed by atoms with Crippen LogP contribution in [-0.4, -0.2) is 7.11 Å². The third-order valence-corrected chi connectivity index (χ3v) is 1.67. The summed E-state index contributed by atoms with van der Waals surface area (Å²) in [6.07, 6.45) is 0. The second-order valence-electron chi connectivity index (χ2n) is 2.10. The maximum absolute atomic E-state index is 12.0. The maximum Gasteiger partial charge on any atom is 0.137 e. The molecule has 0 aliphatic carbocycles. The van der Waals surface area contributed by atoms with Gasteiger partial charge in [-0.1, -0.05) is 17.7 Å². The average molecular weight is 175 g/mol. The van der Waals surface area contributed by atoms with Crippen LogP contribution in [0.3, 0.4) is 0 Å². The van der Waals surface area contributed by atoms with Crippen LogP contribution in [0.25, 0.3) is 0 Å². The zero-order chi connectivity index (χ0) is 8.27. The van der Waals surface area contributed by atoms with Crippen molar-refractivity contribution in [1.29, 1.82) is 0 Å². The number of benzene rings is 1. The van der Waals surface area contributed by atoms with Gasteiger partial charge >= 0.3 is 0 Å².